The number of hydrogen-bond acceptors (Lipinski definition) is 5. The van der Waals surface area contributed by atoms with Crippen molar-refractivity contribution in [2.45, 2.75) is 25.3 Å². The molecule has 0 amide bonds. The van der Waals surface area contributed by atoms with Crippen molar-refractivity contribution in [1.82, 2.24) is 20.3 Å². The minimum Gasteiger partial charge on any atom is -0.464 e. The van der Waals surface area contributed by atoms with Crippen molar-refractivity contribution in [3.05, 3.63) is 36.0 Å². The standard InChI is InChI=1S/C12H18N4OS/c1-18-10-12-4-3-11(17-12)9-13-5-2-7-16-8-6-14-15-16/h3-4,6,8,13H,2,5,7,9-10H2,1H3. The summed E-state index contributed by atoms with van der Waals surface area (Å²) in [4.78, 5) is 0. The molecule has 2 rings (SSSR count). The Morgan fingerprint density at radius 3 is 3.06 bits per heavy atom. The van der Waals surface area contributed by atoms with E-state index in [1.54, 1.807) is 18.0 Å². The summed E-state index contributed by atoms with van der Waals surface area (Å²) in [5.41, 5.74) is 0. The van der Waals surface area contributed by atoms with E-state index in [9.17, 15) is 0 Å². The van der Waals surface area contributed by atoms with Gasteiger partial charge >= 0.3 is 0 Å². The lowest BCUT2D eigenvalue weighted by Crippen LogP contribution is -2.16. The van der Waals surface area contributed by atoms with Gasteiger partial charge < -0.3 is 9.73 Å². The number of nitrogens with one attached hydrogen (secondary N) is 1. The molecular formula is C12H18N4OS. The summed E-state index contributed by atoms with van der Waals surface area (Å²) in [6.07, 6.45) is 6.68. The van der Waals surface area contributed by atoms with E-state index in [1.807, 2.05) is 23.0 Å². The van der Waals surface area contributed by atoms with Crippen LogP contribution in [0.4, 0.5) is 0 Å². The predicted molar refractivity (Wildman–Crippen MR) is 72.3 cm³/mol. The van der Waals surface area contributed by atoms with E-state index in [0.717, 1.165) is 43.3 Å². The number of furan rings is 1. The lowest BCUT2D eigenvalue weighted by molar-refractivity contribution is 0.451. The smallest absolute Gasteiger partial charge is 0.117 e. The molecule has 0 radical (unpaired) electrons. The molecule has 0 atom stereocenters. The highest BCUT2D eigenvalue weighted by Gasteiger charge is 2.00. The Hall–Kier alpha value is -1.27. The zero-order chi connectivity index (χ0) is 12.6. The third-order valence-electron chi connectivity index (χ3n) is 2.52. The van der Waals surface area contributed by atoms with E-state index in [-0.39, 0.29) is 0 Å². The van der Waals surface area contributed by atoms with E-state index in [4.69, 9.17) is 4.42 Å². The molecule has 0 bridgehead atoms. The molecule has 0 aliphatic carbocycles. The van der Waals surface area contributed by atoms with E-state index >= 15 is 0 Å². The van der Waals surface area contributed by atoms with Crippen molar-refractivity contribution in [1.29, 1.82) is 0 Å². The lowest BCUT2D eigenvalue weighted by atomic mass is 10.4. The Kier molecular flexibility index (Phi) is 5.29. The molecule has 18 heavy (non-hydrogen) atoms. The fourth-order valence-corrected chi connectivity index (χ4v) is 2.11. The summed E-state index contributed by atoms with van der Waals surface area (Å²) in [5, 5.41) is 11.0. The van der Waals surface area contributed by atoms with Crippen LogP contribution >= 0.6 is 11.8 Å². The van der Waals surface area contributed by atoms with Gasteiger partial charge in [0, 0.05) is 12.7 Å². The van der Waals surface area contributed by atoms with Gasteiger partial charge in [-0.25, -0.2) is 0 Å². The van der Waals surface area contributed by atoms with Crippen LogP contribution in [0.5, 0.6) is 0 Å². The highest BCUT2D eigenvalue weighted by atomic mass is 32.2. The van der Waals surface area contributed by atoms with Gasteiger partial charge in [0.2, 0.25) is 0 Å². The highest BCUT2D eigenvalue weighted by Crippen LogP contribution is 2.13. The summed E-state index contributed by atoms with van der Waals surface area (Å²) in [6.45, 7) is 2.62. The number of nitrogens with zero attached hydrogens (tertiary/aromatic N) is 3. The van der Waals surface area contributed by atoms with Crippen molar-refractivity contribution < 1.29 is 4.42 Å². The maximum Gasteiger partial charge on any atom is 0.117 e. The minimum absolute atomic E-state index is 0.783. The Morgan fingerprint density at radius 1 is 1.39 bits per heavy atom. The van der Waals surface area contributed by atoms with Crippen LogP contribution in [0.25, 0.3) is 0 Å². The van der Waals surface area contributed by atoms with Crippen LogP contribution in [0.1, 0.15) is 17.9 Å². The van der Waals surface area contributed by atoms with Crippen molar-refractivity contribution in [3.8, 4) is 0 Å². The van der Waals surface area contributed by atoms with Gasteiger partial charge in [-0.15, -0.1) is 5.10 Å². The zero-order valence-corrected chi connectivity index (χ0v) is 11.3. The highest BCUT2D eigenvalue weighted by molar-refractivity contribution is 7.97. The van der Waals surface area contributed by atoms with E-state index < -0.39 is 0 Å². The summed E-state index contributed by atoms with van der Waals surface area (Å²) in [5.74, 6) is 2.98. The molecule has 0 aliphatic heterocycles. The quantitative estimate of drug-likeness (QED) is 0.740. The third kappa shape index (κ3) is 4.19. The first-order valence-electron chi connectivity index (χ1n) is 6.00. The summed E-state index contributed by atoms with van der Waals surface area (Å²) in [7, 11) is 0. The van der Waals surface area contributed by atoms with Gasteiger partial charge in [0.15, 0.2) is 0 Å². The molecule has 0 fully saturated rings. The Labute approximate surface area is 111 Å². The third-order valence-corrected chi connectivity index (χ3v) is 3.09. The second-order valence-corrected chi connectivity index (χ2v) is 4.86. The van der Waals surface area contributed by atoms with Crippen LogP contribution in [0.3, 0.4) is 0 Å². The Balaban J connectivity index is 1.59. The summed E-state index contributed by atoms with van der Waals surface area (Å²) < 4.78 is 7.50. The number of hydrogen-bond donors (Lipinski definition) is 1. The first-order chi connectivity index (χ1) is 8.88. The van der Waals surface area contributed by atoms with Crippen molar-refractivity contribution >= 4 is 11.8 Å². The maximum absolute atomic E-state index is 5.67. The molecule has 1 N–H and O–H groups in total. The molecule has 5 nitrogen and oxygen atoms in total. The molecular weight excluding hydrogens is 248 g/mol. The van der Waals surface area contributed by atoms with Crippen LogP contribution in [-0.4, -0.2) is 27.8 Å². The van der Waals surface area contributed by atoms with Crippen LogP contribution in [0.15, 0.2) is 28.9 Å². The van der Waals surface area contributed by atoms with E-state index in [1.165, 1.54) is 0 Å². The Morgan fingerprint density at radius 2 is 2.28 bits per heavy atom. The van der Waals surface area contributed by atoms with Crippen molar-refractivity contribution in [2.24, 2.45) is 0 Å². The number of aryl methyl sites for hydroxylation is 1. The average Bonchev–Trinajstić information content (AvgIpc) is 3.01. The fourth-order valence-electron chi connectivity index (χ4n) is 1.67. The molecule has 98 valence electrons. The molecule has 0 saturated carbocycles. The van der Waals surface area contributed by atoms with Crippen molar-refractivity contribution in [3.63, 3.8) is 0 Å². The molecule has 0 aliphatic rings. The van der Waals surface area contributed by atoms with Gasteiger partial charge in [0.1, 0.15) is 11.5 Å². The van der Waals surface area contributed by atoms with Crippen LogP contribution < -0.4 is 5.32 Å². The number of rotatable bonds is 8. The number of thioether (sulfide) groups is 1. The van der Waals surface area contributed by atoms with Gasteiger partial charge in [-0.05, 0) is 31.4 Å². The van der Waals surface area contributed by atoms with Gasteiger partial charge in [-0.1, -0.05) is 5.21 Å². The minimum atomic E-state index is 0.783. The molecule has 0 saturated heterocycles. The van der Waals surface area contributed by atoms with Crippen LogP contribution in [0.2, 0.25) is 0 Å². The summed E-state index contributed by atoms with van der Waals surface area (Å²) in [6, 6.07) is 4.08. The summed E-state index contributed by atoms with van der Waals surface area (Å²) >= 11 is 1.77. The first-order valence-corrected chi connectivity index (χ1v) is 7.39. The first kappa shape index (κ1) is 13.2. The average molecular weight is 266 g/mol. The molecule has 0 spiro atoms. The maximum atomic E-state index is 5.67. The molecule has 2 aromatic rings. The predicted octanol–water partition coefficient (Wildman–Crippen LogP) is 1.91. The lowest BCUT2D eigenvalue weighted by Gasteiger charge is -2.02. The monoisotopic (exact) mass is 266 g/mol. The number of aromatic nitrogens is 3. The van der Waals surface area contributed by atoms with Gasteiger partial charge in [0.25, 0.3) is 0 Å². The zero-order valence-electron chi connectivity index (χ0n) is 10.5. The second-order valence-electron chi connectivity index (χ2n) is 4.00. The topological polar surface area (TPSA) is 55.9 Å². The normalized spacial score (nSPS) is 10.9. The van der Waals surface area contributed by atoms with Gasteiger partial charge in [0.05, 0.1) is 18.5 Å². The largest absolute Gasteiger partial charge is 0.464 e. The van der Waals surface area contributed by atoms with Crippen molar-refractivity contribution in [2.75, 3.05) is 12.8 Å². The molecule has 6 heteroatoms. The molecule has 2 aromatic heterocycles. The molecule has 2 heterocycles. The Bertz CT molecular complexity index is 441. The van der Waals surface area contributed by atoms with E-state index in [2.05, 4.69) is 21.9 Å². The fraction of sp³-hybridized carbons (Fsp3) is 0.500. The van der Waals surface area contributed by atoms with Gasteiger partial charge in [-0.2, -0.15) is 11.8 Å². The molecule has 0 aromatic carbocycles. The van der Waals surface area contributed by atoms with Crippen LogP contribution in [-0.2, 0) is 18.8 Å². The SMILES string of the molecule is CSCc1ccc(CNCCCn2ccnn2)o1. The van der Waals surface area contributed by atoms with Crippen LogP contribution in [0, 0.1) is 0 Å². The molecule has 0 unspecified atom stereocenters. The van der Waals surface area contributed by atoms with E-state index in [0.29, 0.717) is 0 Å². The van der Waals surface area contributed by atoms with Gasteiger partial charge in [-0.3, -0.25) is 4.68 Å². The second kappa shape index (κ2) is 7.23.